The summed E-state index contributed by atoms with van der Waals surface area (Å²) < 4.78 is 4.76. The van der Waals surface area contributed by atoms with Gasteiger partial charge in [0.2, 0.25) is 0 Å². The number of nitrogens with one attached hydrogen (secondary N) is 1. The Bertz CT molecular complexity index is 593. The van der Waals surface area contributed by atoms with E-state index in [1.54, 1.807) is 29.5 Å². The maximum absolute atomic E-state index is 11.7. The Labute approximate surface area is 116 Å². The van der Waals surface area contributed by atoms with Crippen LogP contribution >= 0.6 is 11.3 Å². The van der Waals surface area contributed by atoms with Crippen LogP contribution in [0, 0.1) is 6.92 Å². The molecule has 0 atom stereocenters. The minimum absolute atomic E-state index is 0.391. The summed E-state index contributed by atoms with van der Waals surface area (Å²) >= 11 is 1.68. The van der Waals surface area contributed by atoms with E-state index in [-0.39, 0.29) is 0 Å². The molecule has 2 rings (SSSR count). The molecular formula is C14H16N2O2S. The van der Waals surface area contributed by atoms with Crippen molar-refractivity contribution in [2.45, 2.75) is 13.5 Å². The van der Waals surface area contributed by atoms with Crippen LogP contribution in [-0.2, 0) is 11.3 Å². The van der Waals surface area contributed by atoms with Crippen LogP contribution in [-0.4, -0.2) is 13.1 Å². The lowest BCUT2D eigenvalue weighted by Crippen LogP contribution is -2.10. The summed E-state index contributed by atoms with van der Waals surface area (Å²) in [5, 5.41) is 5.27. The van der Waals surface area contributed by atoms with Crippen molar-refractivity contribution in [1.29, 1.82) is 0 Å². The van der Waals surface area contributed by atoms with Gasteiger partial charge in [-0.2, -0.15) is 0 Å². The number of para-hydroxylation sites is 1. The Morgan fingerprint density at radius 1 is 1.42 bits per heavy atom. The second-order valence-electron chi connectivity index (χ2n) is 4.14. The highest BCUT2D eigenvalue weighted by Crippen LogP contribution is 2.26. The number of benzene rings is 1. The first-order valence-electron chi connectivity index (χ1n) is 5.87. The number of nitrogen functional groups attached to an aromatic ring is 1. The molecule has 0 aliphatic carbocycles. The SMILES string of the molecule is COC(=O)c1cccc(N)c1NCc1sccc1C. The van der Waals surface area contributed by atoms with Crippen molar-refractivity contribution in [3.8, 4) is 0 Å². The third-order valence-corrected chi connectivity index (χ3v) is 3.92. The van der Waals surface area contributed by atoms with Gasteiger partial charge in [0.25, 0.3) is 0 Å². The molecule has 1 aromatic heterocycles. The van der Waals surface area contributed by atoms with Gasteiger partial charge in [-0.3, -0.25) is 0 Å². The molecule has 0 bridgehead atoms. The summed E-state index contributed by atoms with van der Waals surface area (Å²) in [4.78, 5) is 12.9. The average Bonchev–Trinajstić information content (AvgIpc) is 2.82. The second kappa shape index (κ2) is 5.75. The van der Waals surface area contributed by atoms with Crippen LogP contribution in [0.2, 0.25) is 0 Å². The fourth-order valence-corrected chi connectivity index (χ4v) is 2.65. The van der Waals surface area contributed by atoms with Crippen LogP contribution in [0.3, 0.4) is 0 Å². The molecule has 1 heterocycles. The number of esters is 1. The third-order valence-electron chi connectivity index (χ3n) is 2.90. The van der Waals surface area contributed by atoms with Crippen LogP contribution in [0.4, 0.5) is 11.4 Å². The zero-order valence-electron chi connectivity index (χ0n) is 10.9. The fourth-order valence-electron chi connectivity index (χ4n) is 1.80. The van der Waals surface area contributed by atoms with Crippen molar-refractivity contribution in [1.82, 2.24) is 0 Å². The molecule has 4 nitrogen and oxygen atoms in total. The number of hydrogen-bond acceptors (Lipinski definition) is 5. The van der Waals surface area contributed by atoms with Gasteiger partial charge in [0.05, 0.1) is 24.0 Å². The summed E-state index contributed by atoms with van der Waals surface area (Å²) in [6.07, 6.45) is 0. The van der Waals surface area contributed by atoms with Crippen LogP contribution in [0.5, 0.6) is 0 Å². The lowest BCUT2D eigenvalue weighted by Gasteiger charge is -2.13. The van der Waals surface area contributed by atoms with E-state index in [0.29, 0.717) is 23.5 Å². The molecule has 5 heteroatoms. The monoisotopic (exact) mass is 276 g/mol. The van der Waals surface area contributed by atoms with Crippen molar-refractivity contribution in [3.63, 3.8) is 0 Å². The molecule has 0 radical (unpaired) electrons. The Morgan fingerprint density at radius 3 is 2.84 bits per heavy atom. The van der Waals surface area contributed by atoms with Crippen LogP contribution in [0.25, 0.3) is 0 Å². The Balaban J connectivity index is 2.24. The zero-order chi connectivity index (χ0) is 13.8. The van der Waals surface area contributed by atoms with Crippen molar-refractivity contribution in [3.05, 3.63) is 45.6 Å². The molecule has 100 valence electrons. The normalized spacial score (nSPS) is 10.2. The van der Waals surface area contributed by atoms with E-state index >= 15 is 0 Å². The molecule has 0 saturated heterocycles. The number of aryl methyl sites for hydroxylation is 1. The molecule has 2 aromatic rings. The van der Waals surface area contributed by atoms with Gasteiger partial charge in [-0.05, 0) is 36.1 Å². The number of nitrogens with two attached hydrogens (primary N) is 1. The number of carbonyl (C=O) groups is 1. The average molecular weight is 276 g/mol. The highest BCUT2D eigenvalue weighted by atomic mass is 32.1. The molecule has 0 unspecified atom stereocenters. The highest BCUT2D eigenvalue weighted by Gasteiger charge is 2.14. The first-order valence-corrected chi connectivity index (χ1v) is 6.75. The summed E-state index contributed by atoms with van der Waals surface area (Å²) in [6.45, 7) is 2.70. The summed E-state index contributed by atoms with van der Waals surface area (Å²) in [7, 11) is 1.36. The maximum Gasteiger partial charge on any atom is 0.340 e. The predicted octanol–water partition coefficient (Wildman–Crippen LogP) is 3.04. The second-order valence-corrected chi connectivity index (χ2v) is 5.14. The quantitative estimate of drug-likeness (QED) is 0.665. The molecule has 0 saturated carbocycles. The summed E-state index contributed by atoms with van der Waals surface area (Å²) in [6, 6.07) is 7.27. The minimum atomic E-state index is -0.391. The van der Waals surface area contributed by atoms with E-state index in [0.717, 1.165) is 0 Å². The fraction of sp³-hybridized carbons (Fsp3) is 0.214. The Kier molecular flexibility index (Phi) is 4.06. The zero-order valence-corrected chi connectivity index (χ0v) is 11.7. The van der Waals surface area contributed by atoms with E-state index in [9.17, 15) is 4.79 Å². The molecule has 3 N–H and O–H groups in total. The van der Waals surface area contributed by atoms with Crippen LogP contribution in [0.1, 0.15) is 20.8 Å². The van der Waals surface area contributed by atoms with Gasteiger partial charge in [-0.15, -0.1) is 11.3 Å². The molecule has 19 heavy (non-hydrogen) atoms. The molecule has 0 spiro atoms. The van der Waals surface area contributed by atoms with Crippen LogP contribution in [0.15, 0.2) is 29.6 Å². The van der Waals surface area contributed by atoms with Crippen molar-refractivity contribution >= 4 is 28.7 Å². The van der Waals surface area contributed by atoms with Gasteiger partial charge in [-0.1, -0.05) is 6.07 Å². The summed E-state index contributed by atoms with van der Waals surface area (Å²) in [5.41, 5.74) is 8.77. The van der Waals surface area contributed by atoms with Gasteiger partial charge in [0.15, 0.2) is 0 Å². The van der Waals surface area contributed by atoms with E-state index < -0.39 is 5.97 Å². The summed E-state index contributed by atoms with van der Waals surface area (Å²) in [5.74, 6) is -0.391. The molecule has 0 fully saturated rings. The number of carbonyl (C=O) groups excluding carboxylic acids is 1. The number of ether oxygens (including phenoxy) is 1. The molecule has 0 aliphatic heterocycles. The predicted molar refractivity (Wildman–Crippen MR) is 78.6 cm³/mol. The van der Waals surface area contributed by atoms with E-state index in [1.807, 2.05) is 5.38 Å². The van der Waals surface area contributed by atoms with Gasteiger partial charge in [0, 0.05) is 11.4 Å². The van der Waals surface area contributed by atoms with Gasteiger partial charge >= 0.3 is 5.97 Å². The maximum atomic E-state index is 11.7. The van der Waals surface area contributed by atoms with Gasteiger partial charge in [-0.25, -0.2) is 4.79 Å². The molecule has 1 aromatic carbocycles. The number of anilines is 2. The molecule has 0 amide bonds. The Morgan fingerprint density at radius 2 is 2.21 bits per heavy atom. The van der Waals surface area contributed by atoms with Crippen molar-refractivity contribution in [2.24, 2.45) is 0 Å². The minimum Gasteiger partial charge on any atom is -0.465 e. The van der Waals surface area contributed by atoms with Gasteiger partial charge < -0.3 is 15.8 Å². The standard InChI is InChI=1S/C14H16N2O2S/c1-9-6-7-19-12(9)8-16-13-10(14(17)18-2)4-3-5-11(13)15/h3-7,16H,8,15H2,1-2H3. The smallest absolute Gasteiger partial charge is 0.340 e. The number of methoxy groups -OCH3 is 1. The van der Waals surface area contributed by atoms with Gasteiger partial charge in [0.1, 0.15) is 0 Å². The Hall–Kier alpha value is -2.01. The van der Waals surface area contributed by atoms with E-state index in [2.05, 4.69) is 18.3 Å². The van der Waals surface area contributed by atoms with E-state index in [4.69, 9.17) is 10.5 Å². The highest BCUT2D eigenvalue weighted by molar-refractivity contribution is 7.10. The first-order chi connectivity index (χ1) is 9.13. The molecule has 0 aliphatic rings. The number of rotatable bonds is 4. The molecular weight excluding hydrogens is 260 g/mol. The van der Waals surface area contributed by atoms with Crippen molar-refractivity contribution < 1.29 is 9.53 Å². The number of thiophene rings is 1. The van der Waals surface area contributed by atoms with Crippen molar-refractivity contribution in [2.75, 3.05) is 18.2 Å². The lowest BCUT2D eigenvalue weighted by molar-refractivity contribution is 0.0602. The number of hydrogen-bond donors (Lipinski definition) is 2. The third kappa shape index (κ3) is 2.88. The van der Waals surface area contributed by atoms with E-state index in [1.165, 1.54) is 17.6 Å². The first kappa shape index (κ1) is 13.4. The lowest BCUT2D eigenvalue weighted by atomic mass is 10.1. The largest absolute Gasteiger partial charge is 0.465 e. The topological polar surface area (TPSA) is 64.3 Å². The van der Waals surface area contributed by atoms with Crippen LogP contribution < -0.4 is 11.1 Å².